The number of aliphatic hydroxyl groups is 1. The normalized spacial score (nSPS) is 24.2. The molecule has 4 nitrogen and oxygen atoms in total. The number of rotatable bonds is 19. The van der Waals surface area contributed by atoms with Gasteiger partial charge in [-0.3, -0.25) is 4.98 Å². The number of ether oxygens (including phenoxy) is 1. The smallest absolute Gasteiger partial charge is 0.131 e. The van der Waals surface area contributed by atoms with Crippen molar-refractivity contribution in [3.05, 3.63) is 48.7 Å². The highest BCUT2D eigenvalue weighted by atomic mass is 79.9. The van der Waals surface area contributed by atoms with Crippen LogP contribution in [-0.4, -0.2) is 47.4 Å². The molecule has 3 aliphatic rings. The maximum absolute atomic E-state index is 12.0. The van der Waals surface area contributed by atoms with Crippen LogP contribution in [0.2, 0.25) is 0 Å². The van der Waals surface area contributed by atoms with Crippen molar-refractivity contribution in [2.45, 2.75) is 122 Å². The number of piperidine rings is 3. The molecular weight excluding hydrogens is 572 g/mol. The summed E-state index contributed by atoms with van der Waals surface area (Å²) in [5, 5.41) is 13.0. The number of methoxy groups -OCH3 is 1. The zero-order valence-corrected chi connectivity index (χ0v) is 27.6. The highest BCUT2D eigenvalue weighted by Crippen LogP contribution is 2.47. The van der Waals surface area contributed by atoms with E-state index in [-0.39, 0.29) is 23.0 Å². The van der Waals surface area contributed by atoms with Crippen LogP contribution in [0.1, 0.15) is 121 Å². The molecule has 3 saturated heterocycles. The Morgan fingerprint density at radius 2 is 1.61 bits per heavy atom. The van der Waals surface area contributed by atoms with Gasteiger partial charge in [0, 0.05) is 30.3 Å². The second kappa shape index (κ2) is 17.6. The zero-order valence-electron chi connectivity index (χ0n) is 26.0. The largest absolute Gasteiger partial charge is 1.00 e. The van der Waals surface area contributed by atoms with Crippen molar-refractivity contribution < 1.29 is 31.3 Å². The maximum atomic E-state index is 12.0. The molecule has 230 valence electrons. The Labute approximate surface area is 261 Å². The number of unbranched alkanes of at least 4 members (excludes halogenated alkanes) is 13. The molecule has 1 N–H and O–H groups in total. The molecule has 0 amide bonds. The van der Waals surface area contributed by atoms with Crippen LogP contribution in [0.4, 0.5) is 0 Å². The van der Waals surface area contributed by atoms with Crippen LogP contribution in [0.3, 0.4) is 0 Å². The first-order valence-corrected chi connectivity index (χ1v) is 16.7. The standard InChI is InChI=1S/C36H57N2O2.BrH/c1-4-6-7-8-9-10-11-12-13-14-15-16-17-18-24-38-25-22-30(29(5-2)28-38)26-35(38)36(39)32-21-23-37-34-20-19-31(40-3)27-33(32)34;/h5,19-21,23,27,29-30,35-36,39H,2,4,6-18,22,24-26,28H2,1,3H3;1H/q+1;/p-1/t29?,30?,35-,36-,38?;/m0./s1. The third-order valence-electron chi connectivity index (χ3n) is 10.3. The molecule has 2 aromatic rings. The van der Waals surface area contributed by atoms with Gasteiger partial charge in [0.2, 0.25) is 0 Å². The molecule has 41 heavy (non-hydrogen) atoms. The lowest BCUT2D eigenvalue weighted by atomic mass is 9.71. The summed E-state index contributed by atoms with van der Waals surface area (Å²) < 4.78 is 6.57. The number of hydrogen-bond acceptors (Lipinski definition) is 3. The summed E-state index contributed by atoms with van der Waals surface area (Å²) in [4.78, 5) is 4.57. The molecule has 1 aromatic carbocycles. The lowest BCUT2D eigenvalue weighted by Gasteiger charge is -2.58. The summed E-state index contributed by atoms with van der Waals surface area (Å²) in [7, 11) is 1.70. The highest BCUT2D eigenvalue weighted by molar-refractivity contribution is 5.83. The van der Waals surface area contributed by atoms with Gasteiger partial charge >= 0.3 is 0 Å². The number of fused-ring (bicyclic) bond motifs is 4. The van der Waals surface area contributed by atoms with Crippen LogP contribution in [0.5, 0.6) is 5.75 Å². The molecule has 1 aromatic heterocycles. The summed E-state index contributed by atoms with van der Waals surface area (Å²) in [6.45, 7) is 10.0. The van der Waals surface area contributed by atoms with Crippen molar-refractivity contribution in [3.8, 4) is 5.75 Å². The molecule has 3 aliphatic heterocycles. The average molecular weight is 630 g/mol. The summed E-state index contributed by atoms with van der Waals surface area (Å²) in [6, 6.07) is 8.28. The van der Waals surface area contributed by atoms with E-state index < -0.39 is 6.10 Å². The van der Waals surface area contributed by atoms with Gasteiger partial charge in [0.1, 0.15) is 17.9 Å². The monoisotopic (exact) mass is 628 g/mol. The molecule has 5 atom stereocenters. The summed E-state index contributed by atoms with van der Waals surface area (Å²) in [6.07, 6.45) is 25.4. The van der Waals surface area contributed by atoms with Crippen molar-refractivity contribution in [1.82, 2.24) is 4.98 Å². The molecule has 3 unspecified atom stereocenters. The quantitative estimate of drug-likeness (QED) is 0.115. The molecule has 0 aliphatic carbocycles. The first-order chi connectivity index (χ1) is 19.6. The van der Waals surface area contributed by atoms with Crippen molar-refractivity contribution in [2.24, 2.45) is 11.8 Å². The number of benzene rings is 1. The van der Waals surface area contributed by atoms with Gasteiger partial charge in [-0.1, -0.05) is 90.0 Å². The zero-order chi connectivity index (χ0) is 28.2. The number of aromatic nitrogens is 1. The summed E-state index contributed by atoms with van der Waals surface area (Å²) in [5.74, 6) is 2.05. The van der Waals surface area contributed by atoms with Crippen molar-refractivity contribution in [3.63, 3.8) is 0 Å². The molecule has 0 radical (unpaired) electrons. The molecule has 0 saturated carbocycles. The minimum absolute atomic E-state index is 0. The minimum atomic E-state index is -0.488. The Bertz CT molecular complexity index is 1050. The Morgan fingerprint density at radius 3 is 2.22 bits per heavy atom. The van der Waals surface area contributed by atoms with E-state index in [1.54, 1.807) is 7.11 Å². The van der Waals surface area contributed by atoms with E-state index in [1.165, 1.54) is 109 Å². The number of halogens is 1. The van der Waals surface area contributed by atoms with Gasteiger partial charge < -0.3 is 31.3 Å². The average Bonchev–Trinajstić information content (AvgIpc) is 3.00. The van der Waals surface area contributed by atoms with Gasteiger partial charge in [0.05, 0.1) is 32.3 Å². The SMILES string of the molecule is C=CC1C[N+]2(CCCCCCCCCCCCCCCC)CCC1C[C@H]2[C@@H](O)c1ccnc2ccc(OC)cc12.[Br-]. The Hall–Kier alpha value is -1.43. The van der Waals surface area contributed by atoms with Gasteiger partial charge in [-0.05, 0) is 48.6 Å². The van der Waals surface area contributed by atoms with Crippen molar-refractivity contribution >= 4 is 10.9 Å². The maximum Gasteiger partial charge on any atom is 0.131 e. The number of pyridine rings is 1. The van der Waals surface area contributed by atoms with Crippen LogP contribution in [-0.2, 0) is 0 Å². The van der Waals surface area contributed by atoms with E-state index in [0.717, 1.165) is 39.7 Å². The fourth-order valence-electron chi connectivity index (χ4n) is 7.85. The molecular formula is C36H57BrN2O2. The van der Waals surface area contributed by atoms with E-state index in [1.807, 2.05) is 30.5 Å². The summed E-state index contributed by atoms with van der Waals surface area (Å²) >= 11 is 0. The van der Waals surface area contributed by atoms with Crippen LogP contribution >= 0.6 is 0 Å². The van der Waals surface area contributed by atoms with Gasteiger partial charge in [-0.15, -0.1) is 6.58 Å². The minimum Gasteiger partial charge on any atom is -1.00 e. The van der Waals surface area contributed by atoms with Crippen LogP contribution in [0.15, 0.2) is 43.1 Å². The fourth-order valence-corrected chi connectivity index (χ4v) is 7.85. The van der Waals surface area contributed by atoms with Crippen LogP contribution in [0.25, 0.3) is 10.9 Å². The third-order valence-corrected chi connectivity index (χ3v) is 10.3. The van der Waals surface area contributed by atoms with Crippen molar-refractivity contribution in [2.75, 3.05) is 26.7 Å². The Balaban J connectivity index is 0.00000462. The van der Waals surface area contributed by atoms with E-state index >= 15 is 0 Å². The molecule has 3 fully saturated rings. The van der Waals surface area contributed by atoms with Gasteiger partial charge in [0.15, 0.2) is 0 Å². The lowest BCUT2D eigenvalue weighted by Crippen LogP contribution is -3.00. The van der Waals surface area contributed by atoms with Crippen LogP contribution < -0.4 is 21.7 Å². The molecule has 5 heteroatoms. The topological polar surface area (TPSA) is 42.4 Å². The Kier molecular flexibility index (Phi) is 14.6. The number of hydrogen-bond donors (Lipinski definition) is 1. The molecule has 0 spiro atoms. The lowest BCUT2D eigenvalue weighted by molar-refractivity contribution is -0.973. The predicted molar refractivity (Wildman–Crippen MR) is 169 cm³/mol. The van der Waals surface area contributed by atoms with Crippen LogP contribution in [0, 0.1) is 11.8 Å². The van der Waals surface area contributed by atoms with Gasteiger partial charge in [-0.2, -0.15) is 0 Å². The number of quaternary nitrogens is 1. The van der Waals surface area contributed by atoms with E-state index in [4.69, 9.17) is 4.74 Å². The van der Waals surface area contributed by atoms with E-state index in [0.29, 0.717) is 11.8 Å². The third kappa shape index (κ3) is 9.03. The predicted octanol–water partition coefficient (Wildman–Crippen LogP) is 6.17. The van der Waals surface area contributed by atoms with Crippen molar-refractivity contribution in [1.29, 1.82) is 0 Å². The second-order valence-electron chi connectivity index (χ2n) is 12.9. The Morgan fingerprint density at radius 1 is 0.976 bits per heavy atom. The first-order valence-electron chi connectivity index (χ1n) is 16.7. The molecule has 5 rings (SSSR count). The molecule has 4 heterocycles. The van der Waals surface area contributed by atoms with Gasteiger partial charge in [-0.25, -0.2) is 0 Å². The fraction of sp³-hybridized carbons (Fsp3) is 0.694. The second-order valence-corrected chi connectivity index (χ2v) is 12.9. The van der Waals surface area contributed by atoms with E-state index in [2.05, 4.69) is 24.6 Å². The number of nitrogens with zero attached hydrogens (tertiary/aromatic N) is 2. The summed E-state index contributed by atoms with van der Waals surface area (Å²) in [5.41, 5.74) is 1.94. The highest BCUT2D eigenvalue weighted by Gasteiger charge is 2.53. The first kappa shape index (κ1) is 34.1. The molecule has 2 bridgehead atoms. The number of aliphatic hydroxyl groups excluding tert-OH is 1. The van der Waals surface area contributed by atoms with Gasteiger partial charge in [0.25, 0.3) is 0 Å². The van der Waals surface area contributed by atoms with E-state index in [9.17, 15) is 5.11 Å².